The SMILES string of the molecule is C=CC(=O)N1CCN(c2nc(=O)n(-c3c(C)ccnc3C(C)C)c3nc(-c4c(N)c(Cl)c(F)c(F)c4F)c(F)cc23)CC1. The molecular weight excluding hydrogens is 590 g/mol. The number of anilines is 2. The summed E-state index contributed by atoms with van der Waals surface area (Å²) in [4.78, 5) is 42.2. The lowest BCUT2D eigenvalue weighted by molar-refractivity contribution is -0.126. The minimum Gasteiger partial charge on any atom is -0.397 e. The number of piperazine rings is 1. The van der Waals surface area contributed by atoms with Crippen LogP contribution in [0.3, 0.4) is 0 Å². The van der Waals surface area contributed by atoms with Crippen molar-refractivity contribution < 1.29 is 22.4 Å². The Hall–Kier alpha value is -4.52. The van der Waals surface area contributed by atoms with Gasteiger partial charge in [-0.15, -0.1) is 0 Å². The highest BCUT2D eigenvalue weighted by Gasteiger charge is 2.30. The first kappa shape index (κ1) is 30.0. The second-order valence-electron chi connectivity index (χ2n) is 10.3. The average molecular weight is 616 g/mol. The zero-order valence-electron chi connectivity index (χ0n) is 23.4. The van der Waals surface area contributed by atoms with Crippen LogP contribution >= 0.6 is 11.6 Å². The maximum absolute atomic E-state index is 15.9. The van der Waals surface area contributed by atoms with Gasteiger partial charge in [-0.1, -0.05) is 32.0 Å². The van der Waals surface area contributed by atoms with Crippen molar-refractivity contribution in [1.82, 2.24) is 24.4 Å². The summed E-state index contributed by atoms with van der Waals surface area (Å²) in [5, 5.41) is -0.880. The van der Waals surface area contributed by atoms with E-state index in [0.29, 0.717) is 16.9 Å². The quantitative estimate of drug-likeness (QED) is 0.112. The van der Waals surface area contributed by atoms with Crippen LogP contribution < -0.4 is 16.3 Å². The summed E-state index contributed by atoms with van der Waals surface area (Å²) in [6, 6.07) is 2.65. The number of nitrogen functional groups attached to an aromatic ring is 1. The molecule has 2 N–H and O–H groups in total. The fourth-order valence-electron chi connectivity index (χ4n) is 5.16. The molecule has 4 aromatic rings. The molecule has 1 aliphatic heterocycles. The van der Waals surface area contributed by atoms with Crippen LogP contribution in [0.15, 0.2) is 35.8 Å². The van der Waals surface area contributed by atoms with Gasteiger partial charge in [0, 0.05) is 32.4 Å². The molecule has 0 saturated carbocycles. The second kappa shape index (κ2) is 11.3. The predicted octanol–water partition coefficient (Wildman–Crippen LogP) is 4.90. The number of hydrogen-bond acceptors (Lipinski definition) is 7. The molecule has 1 aromatic carbocycles. The molecule has 0 spiro atoms. The lowest BCUT2D eigenvalue weighted by atomic mass is 10.0. The first-order chi connectivity index (χ1) is 20.4. The van der Waals surface area contributed by atoms with Gasteiger partial charge in [0.15, 0.2) is 28.9 Å². The van der Waals surface area contributed by atoms with Crippen molar-refractivity contribution in [3.05, 3.63) is 81.0 Å². The van der Waals surface area contributed by atoms with Crippen molar-refractivity contribution in [2.45, 2.75) is 26.7 Å². The Labute approximate surface area is 248 Å². The standard InChI is InChI=1S/C29H26ClF4N7O2/c1-5-17(42)39-8-10-40(11-9-39)27-15-12-16(31)25(18-20(32)22(34)21(33)19(30)23(18)35)37-28(15)41(29(43)38-27)26-14(4)6-7-36-24(26)13(2)3/h5-7,12-13H,1,8-11,35H2,2-4H3. The van der Waals surface area contributed by atoms with Crippen molar-refractivity contribution in [1.29, 1.82) is 0 Å². The molecule has 0 radical (unpaired) electrons. The van der Waals surface area contributed by atoms with E-state index in [9.17, 15) is 18.4 Å². The van der Waals surface area contributed by atoms with Crippen LogP contribution in [0.25, 0.3) is 28.0 Å². The topological polar surface area (TPSA) is 110 Å². The van der Waals surface area contributed by atoms with Gasteiger partial charge in [-0.2, -0.15) is 4.98 Å². The third-order valence-corrected chi connectivity index (χ3v) is 7.70. The Morgan fingerprint density at radius 2 is 1.77 bits per heavy atom. The number of nitrogens with two attached hydrogens (primary N) is 1. The van der Waals surface area contributed by atoms with Crippen LogP contribution in [-0.4, -0.2) is 56.5 Å². The molecule has 224 valence electrons. The Morgan fingerprint density at radius 1 is 1.09 bits per heavy atom. The molecule has 3 aromatic heterocycles. The van der Waals surface area contributed by atoms with Gasteiger partial charge in [0.25, 0.3) is 0 Å². The van der Waals surface area contributed by atoms with Gasteiger partial charge in [-0.25, -0.2) is 31.9 Å². The first-order valence-electron chi connectivity index (χ1n) is 13.2. The average Bonchev–Trinajstić information content (AvgIpc) is 2.99. The number of hydrogen-bond donors (Lipinski definition) is 1. The lowest BCUT2D eigenvalue weighted by Crippen LogP contribution is -2.49. The first-order valence-corrected chi connectivity index (χ1v) is 13.6. The molecule has 1 aliphatic rings. The third kappa shape index (κ3) is 4.97. The maximum atomic E-state index is 15.9. The van der Waals surface area contributed by atoms with Gasteiger partial charge >= 0.3 is 5.69 Å². The Bertz CT molecular complexity index is 1840. The van der Waals surface area contributed by atoms with Crippen molar-refractivity contribution >= 4 is 40.0 Å². The zero-order chi connectivity index (χ0) is 31.3. The van der Waals surface area contributed by atoms with E-state index in [1.54, 1.807) is 29.0 Å². The number of pyridine rings is 2. The minimum atomic E-state index is -1.96. The van der Waals surface area contributed by atoms with E-state index in [4.69, 9.17) is 17.3 Å². The number of benzene rings is 1. The molecule has 1 fully saturated rings. The van der Waals surface area contributed by atoms with E-state index in [0.717, 1.165) is 10.6 Å². The van der Waals surface area contributed by atoms with Crippen molar-refractivity contribution in [3.63, 3.8) is 0 Å². The molecule has 43 heavy (non-hydrogen) atoms. The van der Waals surface area contributed by atoms with E-state index in [1.807, 2.05) is 13.8 Å². The summed E-state index contributed by atoms with van der Waals surface area (Å²) in [5.74, 6) is -7.00. The van der Waals surface area contributed by atoms with E-state index in [2.05, 4.69) is 21.5 Å². The number of carbonyl (C=O) groups excluding carboxylic acids is 1. The van der Waals surface area contributed by atoms with Crippen LogP contribution in [0.4, 0.5) is 29.1 Å². The summed E-state index contributed by atoms with van der Waals surface area (Å²) < 4.78 is 60.7. The monoisotopic (exact) mass is 615 g/mol. The predicted molar refractivity (Wildman–Crippen MR) is 155 cm³/mol. The van der Waals surface area contributed by atoms with Gasteiger partial charge in [0.2, 0.25) is 5.91 Å². The Balaban J connectivity index is 1.85. The Kier molecular flexibility index (Phi) is 7.86. The highest BCUT2D eigenvalue weighted by molar-refractivity contribution is 6.34. The van der Waals surface area contributed by atoms with Crippen LogP contribution in [0.5, 0.6) is 0 Å². The van der Waals surface area contributed by atoms with Crippen molar-refractivity contribution in [3.8, 4) is 16.9 Å². The number of halogens is 5. The maximum Gasteiger partial charge on any atom is 0.355 e. The Morgan fingerprint density at radius 3 is 2.40 bits per heavy atom. The minimum absolute atomic E-state index is 0.0648. The molecular formula is C29H26ClF4N7O2. The van der Waals surface area contributed by atoms with Crippen LogP contribution in [0.2, 0.25) is 5.02 Å². The highest BCUT2D eigenvalue weighted by Crippen LogP contribution is 2.40. The second-order valence-corrected chi connectivity index (χ2v) is 10.7. The molecule has 0 aliphatic carbocycles. The number of amides is 1. The summed E-state index contributed by atoms with van der Waals surface area (Å²) in [6.45, 7) is 10.0. The van der Waals surface area contributed by atoms with Gasteiger partial charge in [-0.3, -0.25) is 9.78 Å². The largest absolute Gasteiger partial charge is 0.397 e. The normalized spacial score (nSPS) is 13.7. The fourth-order valence-corrected chi connectivity index (χ4v) is 5.33. The molecule has 0 atom stereocenters. The van der Waals surface area contributed by atoms with Gasteiger partial charge in [-0.05, 0) is 36.6 Å². The summed E-state index contributed by atoms with van der Waals surface area (Å²) in [7, 11) is 0. The third-order valence-electron chi connectivity index (χ3n) is 7.33. The molecule has 1 amide bonds. The number of aromatic nitrogens is 4. The van der Waals surface area contributed by atoms with E-state index in [1.165, 1.54) is 6.08 Å². The van der Waals surface area contributed by atoms with Crippen LogP contribution in [-0.2, 0) is 4.79 Å². The van der Waals surface area contributed by atoms with Gasteiger partial charge in [0.1, 0.15) is 16.5 Å². The number of nitrogens with zero attached hydrogens (tertiary/aromatic N) is 6. The summed E-state index contributed by atoms with van der Waals surface area (Å²) >= 11 is 5.81. The summed E-state index contributed by atoms with van der Waals surface area (Å²) in [5.41, 5.74) is 3.87. The number of rotatable bonds is 5. The number of aryl methyl sites for hydroxylation is 1. The van der Waals surface area contributed by atoms with Crippen LogP contribution in [0.1, 0.15) is 31.0 Å². The molecule has 14 heteroatoms. The zero-order valence-corrected chi connectivity index (χ0v) is 24.1. The molecule has 4 heterocycles. The fraction of sp³-hybridized carbons (Fsp3) is 0.276. The molecule has 9 nitrogen and oxygen atoms in total. The van der Waals surface area contributed by atoms with Crippen molar-refractivity contribution in [2.24, 2.45) is 0 Å². The number of carbonyl (C=O) groups is 1. The highest BCUT2D eigenvalue weighted by atomic mass is 35.5. The van der Waals surface area contributed by atoms with Crippen LogP contribution in [0, 0.1) is 30.2 Å². The molecule has 5 rings (SSSR count). The molecule has 0 unspecified atom stereocenters. The van der Waals surface area contributed by atoms with E-state index < -0.39 is 50.9 Å². The summed E-state index contributed by atoms with van der Waals surface area (Å²) in [6.07, 6.45) is 2.77. The van der Waals surface area contributed by atoms with Gasteiger partial charge < -0.3 is 15.5 Å². The molecule has 1 saturated heterocycles. The smallest absolute Gasteiger partial charge is 0.355 e. The van der Waals surface area contributed by atoms with E-state index >= 15 is 8.78 Å². The lowest BCUT2D eigenvalue weighted by Gasteiger charge is -2.35. The van der Waals surface area contributed by atoms with E-state index in [-0.39, 0.29) is 54.9 Å². The number of fused-ring (bicyclic) bond motifs is 1. The molecule has 0 bridgehead atoms. The van der Waals surface area contributed by atoms with Crippen molar-refractivity contribution in [2.75, 3.05) is 36.8 Å². The van der Waals surface area contributed by atoms with Gasteiger partial charge in [0.05, 0.1) is 28.0 Å².